The highest BCUT2D eigenvalue weighted by molar-refractivity contribution is 5.01. The van der Waals surface area contributed by atoms with Gasteiger partial charge in [-0.2, -0.15) is 0 Å². The van der Waals surface area contributed by atoms with Crippen molar-refractivity contribution in [2.24, 2.45) is 5.41 Å². The molecule has 0 aromatic carbocycles. The van der Waals surface area contributed by atoms with E-state index in [1.165, 1.54) is 25.8 Å². The van der Waals surface area contributed by atoms with Crippen molar-refractivity contribution in [2.75, 3.05) is 13.1 Å². The molecule has 102 valence electrons. The molecule has 2 nitrogen and oxygen atoms in total. The SMILES string of the molecule is CCCNC1C(N(CC)C(C)C)CCC1(C)C. The van der Waals surface area contributed by atoms with Crippen LogP contribution in [0.25, 0.3) is 0 Å². The summed E-state index contributed by atoms with van der Waals surface area (Å²) < 4.78 is 0. The zero-order valence-corrected chi connectivity index (χ0v) is 12.7. The molecule has 2 atom stereocenters. The summed E-state index contributed by atoms with van der Waals surface area (Å²) >= 11 is 0. The van der Waals surface area contributed by atoms with Crippen molar-refractivity contribution in [1.29, 1.82) is 0 Å². The number of rotatable bonds is 6. The number of nitrogens with zero attached hydrogens (tertiary/aromatic N) is 1. The topological polar surface area (TPSA) is 15.3 Å². The van der Waals surface area contributed by atoms with Crippen molar-refractivity contribution < 1.29 is 0 Å². The van der Waals surface area contributed by atoms with Crippen LogP contribution < -0.4 is 5.32 Å². The Kier molecular flexibility index (Phi) is 5.46. The Labute approximate surface area is 108 Å². The lowest BCUT2D eigenvalue weighted by Gasteiger charge is -2.39. The Bertz CT molecular complexity index is 223. The molecule has 2 unspecified atom stereocenters. The predicted molar refractivity (Wildman–Crippen MR) is 76.4 cm³/mol. The highest BCUT2D eigenvalue weighted by Gasteiger charge is 2.43. The average molecular weight is 240 g/mol. The standard InChI is InChI=1S/C15H32N2/c1-7-11-16-14-13(9-10-15(14,5)6)17(8-2)12(3)4/h12-14,16H,7-11H2,1-6H3. The van der Waals surface area contributed by atoms with Crippen LogP contribution in [-0.2, 0) is 0 Å². The molecule has 1 aliphatic carbocycles. The van der Waals surface area contributed by atoms with Gasteiger partial charge in [-0.1, -0.05) is 27.7 Å². The van der Waals surface area contributed by atoms with Crippen molar-refractivity contribution in [3.63, 3.8) is 0 Å². The van der Waals surface area contributed by atoms with Crippen LogP contribution in [0.4, 0.5) is 0 Å². The summed E-state index contributed by atoms with van der Waals surface area (Å²) in [7, 11) is 0. The summed E-state index contributed by atoms with van der Waals surface area (Å²) in [4.78, 5) is 2.67. The fraction of sp³-hybridized carbons (Fsp3) is 1.00. The van der Waals surface area contributed by atoms with E-state index in [-0.39, 0.29) is 0 Å². The van der Waals surface area contributed by atoms with Gasteiger partial charge < -0.3 is 5.32 Å². The zero-order chi connectivity index (χ0) is 13.1. The van der Waals surface area contributed by atoms with Crippen LogP contribution in [0.2, 0.25) is 0 Å². The molecule has 17 heavy (non-hydrogen) atoms. The Balaban J connectivity index is 2.76. The van der Waals surface area contributed by atoms with Gasteiger partial charge in [0, 0.05) is 18.1 Å². The predicted octanol–water partition coefficient (Wildman–Crippen LogP) is 3.27. The van der Waals surface area contributed by atoms with E-state index in [0.717, 1.165) is 12.6 Å². The lowest BCUT2D eigenvalue weighted by Crippen LogP contribution is -2.53. The fourth-order valence-electron chi connectivity index (χ4n) is 3.41. The van der Waals surface area contributed by atoms with E-state index in [9.17, 15) is 0 Å². The molecule has 1 saturated carbocycles. The summed E-state index contributed by atoms with van der Waals surface area (Å²) in [5.74, 6) is 0. The van der Waals surface area contributed by atoms with Gasteiger partial charge in [0.25, 0.3) is 0 Å². The van der Waals surface area contributed by atoms with Crippen LogP contribution in [0.3, 0.4) is 0 Å². The molecular weight excluding hydrogens is 208 g/mol. The molecule has 1 aliphatic rings. The van der Waals surface area contributed by atoms with E-state index >= 15 is 0 Å². The second kappa shape index (κ2) is 6.19. The van der Waals surface area contributed by atoms with Gasteiger partial charge in [-0.3, -0.25) is 4.90 Å². The van der Waals surface area contributed by atoms with Crippen LogP contribution in [0.1, 0.15) is 60.8 Å². The Morgan fingerprint density at radius 2 is 1.94 bits per heavy atom. The second-order valence-electron chi connectivity index (χ2n) is 6.45. The zero-order valence-electron chi connectivity index (χ0n) is 12.7. The number of hydrogen-bond acceptors (Lipinski definition) is 2. The van der Waals surface area contributed by atoms with Gasteiger partial charge in [-0.25, -0.2) is 0 Å². The van der Waals surface area contributed by atoms with E-state index in [0.29, 0.717) is 17.5 Å². The first kappa shape index (κ1) is 15.0. The Morgan fingerprint density at radius 1 is 1.29 bits per heavy atom. The maximum absolute atomic E-state index is 3.80. The van der Waals surface area contributed by atoms with Gasteiger partial charge in [0.15, 0.2) is 0 Å². The normalized spacial score (nSPS) is 28.2. The molecule has 0 saturated heterocycles. The summed E-state index contributed by atoms with van der Waals surface area (Å²) in [6.07, 6.45) is 3.93. The lowest BCUT2D eigenvalue weighted by atomic mass is 9.86. The van der Waals surface area contributed by atoms with Crippen LogP contribution in [0.15, 0.2) is 0 Å². The molecule has 0 aliphatic heterocycles. The largest absolute Gasteiger partial charge is 0.312 e. The van der Waals surface area contributed by atoms with Crippen LogP contribution >= 0.6 is 0 Å². The van der Waals surface area contributed by atoms with Crippen LogP contribution in [0, 0.1) is 5.41 Å². The quantitative estimate of drug-likeness (QED) is 0.766. The third-order valence-electron chi connectivity index (χ3n) is 4.38. The Morgan fingerprint density at radius 3 is 2.41 bits per heavy atom. The third kappa shape index (κ3) is 3.45. The van der Waals surface area contributed by atoms with Crippen molar-refractivity contribution in [3.05, 3.63) is 0 Å². The summed E-state index contributed by atoms with van der Waals surface area (Å²) in [6.45, 7) is 16.4. The van der Waals surface area contributed by atoms with Crippen molar-refractivity contribution in [2.45, 2.75) is 78.9 Å². The monoisotopic (exact) mass is 240 g/mol. The molecule has 0 aromatic heterocycles. The number of hydrogen-bond donors (Lipinski definition) is 1. The van der Waals surface area contributed by atoms with Gasteiger partial charge in [-0.15, -0.1) is 0 Å². The molecule has 2 heteroatoms. The molecule has 0 spiro atoms. The summed E-state index contributed by atoms with van der Waals surface area (Å²) in [5.41, 5.74) is 0.447. The minimum Gasteiger partial charge on any atom is -0.312 e. The molecule has 0 bridgehead atoms. The van der Waals surface area contributed by atoms with Gasteiger partial charge in [0.05, 0.1) is 0 Å². The lowest BCUT2D eigenvalue weighted by molar-refractivity contribution is 0.119. The van der Waals surface area contributed by atoms with E-state index in [1.54, 1.807) is 0 Å². The van der Waals surface area contributed by atoms with Gasteiger partial charge in [0.2, 0.25) is 0 Å². The highest BCUT2D eigenvalue weighted by atomic mass is 15.2. The van der Waals surface area contributed by atoms with E-state index in [1.807, 2.05) is 0 Å². The average Bonchev–Trinajstić information content (AvgIpc) is 2.52. The molecule has 1 N–H and O–H groups in total. The first-order chi connectivity index (χ1) is 7.94. The van der Waals surface area contributed by atoms with Crippen molar-refractivity contribution >= 4 is 0 Å². The van der Waals surface area contributed by atoms with Crippen LogP contribution in [0.5, 0.6) is 0 Å². The Hall–Kier alpha value is -0.0800. The molecule has 0 heterocycles. The molecule has 1 rings (SSSR count). The number of nitrogens with one attached hydrogen (secondary N) is 1. The number of likely N-dealkylation sites (N-methyl/N-ethyl adjacent to an activating group) is 1. The maximum atomic E-state index is 3.80. The second-order valence-corrected chi connectivity index (χ2v) is 6.45. The van der Waals surface area contributed by atoms with E-state index < -0.39 is 0 Å². The van der Waals surface area contributed by atoms with E-state index in [4.69, 9.17) is 0 Å². The first-order valence-corrected chi connectivity index (χ1v) is 7.43. The van der Waals surface area contributed by atoms with E-state index in [2.05, 4.69) is 51.8 Å². The third-order valence-corrected chi connectivity index (χ3v) is 4.38. The van der Waals surface area contributed by atoms with Crippen molar-refractivity contribution in [3.8, 4) is 0 Å². The minimum atomic E-state index is 0.447. The minimum absolute atomic E-state index is 0.447. The smallest absolute Gasteiger partial charge is 0.0274 e. The van der Waals surface area contributed by atoms with Gasteiger partial charge in [0.1, 0.15) is 0 Å². The molecule has 0 aromatic rings. The first-order valence-electron chi connectivity index (χ1n) is 7.43. The summed E-state index contributed by atoms with van der Waals surface area (Å²) in [6, 6.07) is 2.04. The molecule has 0 radical (unpaired) electrons. The summed E-state index contributed by atoms with van der Waals surface area (Å²) in [5, 5.41) is 3.80. The van der Waals surface area contributed by atoms with Gasteiger partial charge >= 0.3 is 0 Å². The molecule has 0 amide bonds. The fourth-order valence-corrected chi connectivity index (χ4v) is 3.41. The highest BCUT2D eigenvalue weighted by Crippen LogP contribution is 2.40. The van der Waals surface area contributed by atoms with Crippen molar-refractivity contribution in [1.82, 2.24) is 10.2 Å². The maximum Gasteiger partial charge on any atom is 0.0274 e. The van der Waals surface area contributed by atoms with Gasteiger partial charge in [-0.05, 0) is 51.6 Å². The molecular formula is C15H32N2. The van der Waals surface area contributed by atoms with Crippen LogP contribution in [-0.4, -0.2) is 36.1 Å². The molecule has 1 fully saturated rings.